The highest BCUT2D eigenvalue weighted by Crippen LogP contribution is 2.18. The van der Waals surface area contributed by atoms with Crippen LogP contribution in [0.2, 0.25) is 0 Å². The van der Waals surface area contributed by atoms with Crippen LogP contribution in [0.5, 0.6) is 0 Å². The molecule has 0 aliphatic rings. The monoisotopic (exact) mass is 1170 g/mol. The summed E-state index contributed by atoms with van der Waals surface area (Å²) >= 11 is 0. The molecule has 0 aromatic rings. The third kappa shape index (κ3) is 70.8. The van der Waals surface area contributed by atoms with Crippen LogP contribution in [-0.2, 0) is 19.1 Å². The zero-order valence-corrected chi connectivity index (χ0v) is 55.4. The second kappa shape index (κ2) is 73.6. The fourth-order valence-electron chi connectivity index (χ4n) is 10.4. The molecular formula is C79H136O5. The van der Waals surface area contributed by atoms with E-state index in [9.17, 15) is 14.7 Å². The lowest BCUT2D eigenvalue weighted by Gasteiger charge is -2.15. The SMILES string of the molecule is CC/C=C\C/C=C\C/C=C\C/C=C\C/C=C\CCCCCCCCCCCCCCCCCCCCCC(=O)OCC(CO)OC(=O)CCCCCCCCCCCCCCCCCCCCC/C=C\C/C=C\C/C=C\C/C=C\C/C=C\CC. The van der Waals surface area contributed by atoms with Crippen LogP contribution in [0.1, 0.15) is 348 Å². The average Bonchev–Trinajstić information content (AvgIpc) is 3.50. The second-order valence-electron chi connectivity index (χ2n) is 23.9. The predicted molar refractivity (Wildman–Crippen MR) is 371 cm³/mol. The molecule has 0 rings (SSSR count). The van der Waals surface area contributed by atoms with Crippen molar-refractivity contribution in [2.45, 2.75) is 354 Å². The van der Waals surface area contributed by atoms with E-state index in [-0.39, 0.29) is 25.2 Å². The quantitative estimate of drug-likeness (QED) is 0.0373. The topological polar surface area (TPSA) is 72.8 Å². The molecule has 1 N–H and O–H groups in total. The van der Waals surface area contributed by atoms with Crippen LogP contribution in [0.3, 0.4) is 0 Å². The van der Waals surface area contributed by atoms with Crippen molar-refractivity contribution in [3.05, 3.63) is 122 Å². The molecule has 84 heavy (non-hydrogen) atoms. The number of esters is 2. The smallest absolute Gasteiger partial charge is 0.306 e. The first-order chi connectivity index (χ1) is 41.6. The largest absolute Gasteiger partial charge is 0.462 e. The highest BCUT2D eigenvalue weighted by molar-refractivity contribution is 5.70. The minimum absolute atomic E-state index is 0.0654. The van der Waals surface area contributed by atoms with Gasteiger partial charge in [-0.15, -0.1) is 0 Å². The van der Waals surface area contributed by atoms with Gasteiger partial charge in [-0.3, -0.25) is 9.59 Å². The summed E-state index contributed by atoms with van der Waals surface area (Å²) in [7, 11) is 0. The number of rotatable bonds is 66. The fraction of sp³-hybridized carbons (Fsp3) is 0.722. The lowest BCUT2D eigenvalue weighted by atomic mass is 10.0. The van der Waals surface area contributed by atoms with Crippen LogP contribution < -0.4 is 0 Å². The van der Waals surface area contributed by atoms with E-state index >= 15 is 0 Å². The van der Waals surface area contributed by atoms with Gasteiger partial charge in [-0.2, -0.15) is 0 Å². The lowest BCUT2D eigenvalue weighted by Crippen LogP contribution is -2.28. The van der Waals surface area contributed by atoms with Gasteiger partial charge in [0.15, 0.2) is 6.10 Å². The number of hydrogen-bond acceptors (Lipinski definition) is 5. The molecule has 0 aromatic carbocycles. The van der Waals surface area contributed by atoms with Crippen molar-refractivity contribution >= 4 is 11.9 Å². The lowest BCUT2D eigenvalue weighted by molar-refractivity contribution is -0.161. The van der Waals surface area contributed by atoms with E-state index in [0.717, 1.165) is 103 Å². The van der Waals surface area contributed by atoms with Gasteiger partial charge >= 0.3 is 11.9 Å². The molecule has 0 fully saturated rings. The Morgan fingerprint density at radius 3 is 0.714 bits per heavy atom. The van der Waals surface area contributed by atoms with Gasteiger partial charge in [-0.05, 0) is 103 Å². The standard InChI is InChI=1S/C79H136O5/c1-3-5-7-9-11-13-15-17-19-21-23-25-27-29-31-33-35-37-39-41-43-45-47-49-51-53-55-57-59-61-63-65-67-69-71-73-78(81)83-76-77(75-80)84-79(82)74-72-70-68-66-64-62-60-58-56-54-52-50-48-46-44-42-40-38-36-34-32-30-28-26-24-22-20-18-16-14-12-10-8-6-4-2/h5-8,11-14,17-20,23-26,29-32,77,80H,3-4,9-10,15-16,21-22,27-28,33-76H2,1-2H3/b7-5-,8-6-,13-11-,14-12-,19-17-,20-18-,25-23-,26-24-,31-29-,32-30-. The zero-order valence-electron chi connectivity index (χ0n) is 55.4. The first kappa shape index (κ1) is 80.3. The Bertz CT molecular complexity index is 1650. The van der Waals surface area contributed by atoms with Crippen molar-refractivity contribution in [1.29, 1.82) is 0 Å². The molecule has 0 saturated carbocycles. The molecule has 0 radical (unpaired) electrons. The maximum Gasteiger partial charge on any atom is 0.306 e. The summed E-state index contributed by atoms with van der Waals surface area (Å²) in [5, 5.41) is 9.71. The van der Waals surface area contributed by atoms with Gasteiger partial charge in [0.2, 0.25) is 0 Å². The summed E-state index contributed by atoms with van der Waals surface area (Å²) in [5.41, 5.74) is 0. The van der Waals surface area contributed by atoms with Crippen LogP contribution in [0.15, 0.2) is 122 Å². The number of carbonyl (C=O) groups is 2. The van der Waals surface area contributed by atoms with Crippen LogP contribution in [-0.4, -0.2) is 36.4 Å². The minimum Gasteiger partial charge on any atom is -0.462 e. The average molecular weight is 1170 g/mol. The number of carbonyl (C=O) groups excluding carboxylic acids is 2. The third-order valence-electron chi connectivity index (χ3n) is 15.8. The number of hydrogen-bond donors (Lipinski definition) is 1. The Morgan fingerprint density at radius 2 is 0.476 bits per heavy atom. The Labute approximate surface area is 522 Å². The molecule has 1 unspecified atom stereocenters. The molecule has 0 amide bonds. The summed E-state index contributed by atoms with van der Waals surface area (Å²) in [6.45, 7) is 3.95. The summed E-state index contributed by atoms with van der Waals surface area (Å²) in [4.78, 5) is 24.7. The fourth-order valence-corrected chi connectivity index (χ4v) is 10.4. The normalized spacial score (nSPS) is 12.9. The van der Waals surface area contributed by atoms with E-state index in [1.807, 2.05) is 0 Å². The van der Waals surface area contributed by atoms with Gasteiger partial charge in [0, 0.05) is 12.8 Å². The highest BCUT2D eigenvalue weighted by atomic mass is 16.6. The van der Waals surface area contributed by atoms with E-state index in [2.05, 4.69) is 135 Å². The van der Waals surface area contributed by atoms with Crippen molar-refractivity contribution < 1.29 is 24.2 Å². The van der Waals surface area contributed by atoms with Crippen molar-refractivity contribution in [2.24, 2.45) is 0 Å². The minimum atomic E-state index is -0.777. The molecule has 0 bridgehead atoms. The van der Waals surface area contributed by atoms with Crippen LogP contribution in [0.25, 0.3) is 0 Å². The number of unbranched alkanes of at least 4 members (excludes halogenated alkanes) is 38. The number of aliphatic hydroxyl groups excluding tert-OH is 1. The van der Waals surface area contributed by atoms with E-state index in [4.69, 9.17) is 9.47 Å². The Balaban J connectivity index is 3.43. The Hall–Kier alpha value is -3.70. The molecular weight excluding hydrogens is 1030 g/mol. The van der Waals surface area contributed by atoms with E-state index in [1.54, 1.807) is 0 Å². The number of allylic oxidation sites excluding steroid dienone is 20. The van der Waals surface area contributed by atoms with Gasteiger partial charge < -0.3 is 14.6 Å². The first-order valence-corrected chi connectivity index (χ1v) is 36.1. The molecule has 0 heterocycles. The van der Waals surface area contributed by atoms with Crippen LogP contribution in [0, 0.1) is 0 Å². The molecule has 0 aliphatic carbocycles. The van der Waals surface area contributed by atoms with Gasteiger partial charge in [-0.1, -0.05) is 354 Å². The van der Waals surface area contributed by atoms with Crippen LogP contribution in [0.4, 0.5) is 0 Å². The number of ether oxygens (including phenoxy) is 2. The van der Waals surface area contributed by atoms with Crippen molar-refractivity contribution in [1.82, 2.24) is 0 Å². The summed E-state index contributed by atoms with van der Waals surface area (Å²) in [5.74, 6) is -0.577. The van der Waals surface area contributed by atoms with Crippen LogP contribution >= 0.6 is 0 Å². The highest BCUT2D eigenvalue weighted by Gasteiger charge is 2.16. The molecule has 1 atom stereocenters. The van der Waals surface area contributed by atoms with E-state index in [0.29, 0.717) is 12.8 Å². The van der Waals surface area contributed by atoms with Gasteiger partial charge in [0.05, 0.1) is 6.61 Å². The maximum atomic E-state index is 12.4. The van der Waals surface area contributed by atoms with E-state index < -0.39 is 6.10 Å². The predicted octanol–water partition coefficient (Wildman–Crippen LogP) is 25.3. The molecule has 0 spiro atoms. The summed E-state index contributed by atoms with van der Waals surface area (Å²) < 4.78 is 10.8. The van der Waals surface area contributed by atoms with Gasteiger partial charge in [0.25, 0.3) is 0 Å². The Morgan fingerprint density at radius 1 is 0.274 bits per heavy atom. The van der Waals surface area contributed by atoms with Gasteiger partial charge in [0.1, 0.15) is 6.61 Å². The van der Waals surface area contributed by atoms with Crippen molar-refractivity contribution in [3.63, 3.8) is 0 Å². The van der Waals surface area contributed by atoms with E-state index in [1.165, 1.54) is 218 Å². The molecule has 5 heteroatoms. The second-order valence-corrected chi connectivity index (χ2v) is 23.9. The third-order valence-corrected chi connectivity index (χ3v) is 15.8. The van der Waals surface area contributed by atoms with Crippen molar-refractivity contribution in [2.75, 3.05) is 13.2 Å². The molecule has 482 valence electrons. The number of aliphatic hydroxyl groups is 1. The molecule has 0 saturated heterocycles. The summed E-state index contributed by atoms with van der Waals surface area (Å²) in [6, 6.07) is 0. The first-order valence-electron chi connectivity index (χ1n) is 36.1. The molecule has 0 aliphatic heterocycles. The summed E-state index contributed by atoms with van der Waals surface area (Å²) in [6.07, 6.45) is 108. The van der Waals surface area contributed by atoms with Gasteiger partial charge in [-0.25, -0.2) is 0 Å². The zero-order chi connectivity index (χ0) is 60.5. The maximum absolute atomic E-state index is 12.4. The Kier molecular flexibility index (Phi) is 70.3. The molecule has 5 nitrogen and oxygen atoms in total. The molecule has 0 aromatic heterocycles. The van der Waals surface area contributed by atoms with Crippen molar-refractivity contribution in [3.8, 4) is 0 Å².